The SMILES string of the molecule is NC1C=CN([C@@H]2O[C@H](COP(=O)(O)O)[C@@H](O)[C@@H]2O)C(=O)N1. The Hall–Kier alpha value is -1.04. The van der Waals surface area contributed by atoms with Crippen molar-refractivity contribution in [2.75, 3.05) is 6.61 Å². The van der Waals surface area contributed by atoms with Crippen molar-refractivity contribution in [2.45, 2.75) is 30.7 Å². The number of amides is 2. The topological polar surface area (TPSA) is 175 Å². The molecule has 7 N–H and O–H groups in total. The Bertz CT molecular complexity index is 482. The molecule has 2 heterocycles. The molecule has 0 aromatic heterocycles. The van der Waals surface area contributed by atoms with Crippen molar-refractivity contribution in [1.82, 2.24) is 10.2 Å². The van der Waals surface area contributed by atoms with Gasteiger partial charge in [-0.1, -0.05) is 0 Å². The van der Waals surface area contributed by atoms with Crippen LogP contribution in [-0.4, -0.2) is 68.2 Å². The van der Waals surface area contributed by atoms with Crippen molar-refractivity contribution in [1.29, 1.82) is 0 Å². The number of phosphoric acid groups is 1. The van der Waals surface area contributed by atoms with Gasteiger partial charge in [-0.2, -0.15) is 0 Å². The van der Waals surface area contributed by atoms with Crippen LogP contribution >= 0.6 is 7.82 Å². The highest BCUT2D eigenvalue weighted by atomic mass is 31.2. The van der Waals surface area contributed by atoms with Gasteiger partial charge in [0.25, 0.3) is 0 Å². The van der Waals surface area contributed by atoms with E-state index >= 15 is 0 Å². The van der Waals surface area contributed by atoms with Crippen molar-refractivity contribution in [3.63, 3.8) is 0 Å². The zero-order chi connectivity index (χ0) is 15.8. The maximum Gasteiger partial charge on any atom is 0.469 e. The van der Waals surface area contributed by atoms with Crippen LogP contribution in [0.1, 0.15) is 0 Å². The lowest BCUT2D eigenvalue weighted by molar-refractivity contribution is -0.0654. The molecule has 5 atom stereocenters. The number of carbonyl (C=O) groups is 1. The molecular formula is C9H16N3O8P. The predicted molar refractivity (Wildman–Crippen MR) is 66.2 cm³/mol. The molecule has 0 aromatic rings. The molecule has 1 saturated heterocycles. The second-order valence-electron chi connectivity index (χ2n) is 4.56. The van der Waals surface area contributed by atoms with E-state index in [1.807, 2.05) is 0 Å². The second kappa shape index (κ2) is 5.99. The van der Waals surface area contributed by atoms with Gasteiger partial charge in [-0.15, -0.1) is 0 Å². The highest BCUT2D eigenvalue weighted by molar-refractivity contribution is 7.46. The maximum absolute atomic E-state index is 11.7. The van der Waals surface area contributed by atoms with E-state index in [1.165, 1.54) is 12.3 Å². The molecule has 1 fully saturated rings. The molecule has 0 aliphatic carbocycles. The van der Waals surface area contributed by atoms with E-state index in [0.717, 1.165) is 4.90 Å². The van der Waals surface area contributed by atoms with E-state index in [1.54, 1.807) is 0 Å². The first kappa shape index (κ1) is 16.3. The fourth-order valence-electron chi connectivity index (χ4n) is 1.99. The Balaban J connectivity index is 2.04. The van der Waals surface area contributed by atoms with Gasteiger partial charge in [0.1, 0.15) is 18.3 Å². The summed E-state index contributed by atoms with van der Waals surface area (Å²) in [6.07, 6.45) is -3.33. The van der Waals surface area contributed by atoms with Gasteiger partial charge in [0.05, 0.1) is 12.8 Å². The second-order valence-corrected chi connectivity index (χ2v) is 5.80. The first-order valence-corrected chi connectivity index (χ1v) is 7.46. The molecule has 0 radical (unpaired) electrons. The lowest BCUT2D eigenvalue weighted by Gasteiger charge is -2.31. The summed E-state index contributed by atoms with van der Waals surface area (Å²) >= 11 is 0. The third kappa shape index (κ3) is 3.78. The summed E-state index contributed by atoms with van der Waals surface area (Å²) in [6, 6.07) is -0.641. The highest BCUT2D eigenvalue weighted by Gasteiger charge is 2.47. The van der Waals surface area contributed by atoms with E-state index in [-0.39, 0.29) is 0 Å². The number of carbonyl (C=O) groups excluding carboxylic acids is 1. The molecular weight excluding hydrogens is 309 g/mol. The molecule has 2 aliphatic heterocycles. The van der Waals surface area contributed by atoms with Gasteiger partial charge < -0.3 is 35.8 Å². The third-order valence-electron chi connectivity index (χ3n) is 3.00. The minimum Gasteiger partial charge on any atom is -0.387 e. The molecule has 2 rings (SSSR count). The largest absolute Gasteiger partial charge is 0.469 e. The van der Waals surface area contributed by atoms with Gasteiger partial charge in [-0.05, 0) is 6.08 Å². The summed E-state index contributed by atoms with van der Waals surface area (Å²) in [5, 5.41) is 22.0. The summed E-state index contributed by atoms with van der Waals surface area (Å²) < 4.78 is 20.1. The summed E-state index contributed by atoms with van der Waals surface area (Å²) in [4.78, 5) is 29.9. The average Bonchev–Trinajstić information content (AvgIpc) is 2.64. The Kier molecular flexibility index (Phi) is 4.66. The van der Waals surface area contributed by atoms with Crippen LogP contribution in [0.2, 0.25) is 0 Å². The van der Waals surface area contributed by atoms with Crippen molar-refractivity contribution < 1.29 is 38.6 Å². The predicted octanol–water partition coefficient (Wildman–Crippen LogP) is -2.63. The number of nitrogens with one attached hydrogen (secondary N) is 1. The van der Waals surface area contributed by atoms with Crippen molar-refractivity contribution in [3.8, 4) is 0 Å². The maximum atomic E-state index is 11.7. The van der Waals surface area contributed by atoms with Gasteiger partial charge in [0, 0.05) is 6.20 Å². The summed E-state index contributed by atoms with van der Waals surface area (Å²) in [5.41, 5.74) is 5.47. The quantitative estimate of drug-likeness (QED) is 0.302. The molecule has 1 unspecified atom stereocenters. The Morgan fingerprint density at radius 1 is 1.43 bits per heavy atom. The van der Waals surface area contributed by atoms with Crippen LogP contribution < -0.4 is 11.1 Å². The first-order valence-electron chi connectivity index (χ1n) is 5.93. The van der Waals surface area contributed by atoms with Gasteiger partial charge in [-0.3, -0.25) is 9.42 Å². The lowest BCUT2D eigenvalue weighted by atomic mass is 10.1. The zero-order valence-electron chi connectivity index (χ0n) is 10.6. The number of nitrogens with zero attached hydrogens (tertiary/aromatic N) is 1. The van der Waals surface area contributed by atoms with Crippen LogP contribution in [0.4, 0.5) is 4.79 Å². The number of ether oxygens (including phenoxy) is 1. The molecule has 21 heavy (non-hydrogen) atoms. The standard InChI is InChI=1S/C9H16N3O8P/c10-5-1-2-12(9(15)11-5)8-7(14)6(13)4(20-8)3-19-21(16,17)18/h1-2,4-8,13-14H,3,10H2,(H,11,15)(H2,16,17,18)/t4-,5?,6-,7+,8-/m1/s1. The fraction of sp³-hybridized carbons (Fsp3) is 0.667. The smallest absolute Gasteiger partial charge is 0.387 e. The van der Waals surface area contributed by atoms with Gasteiger partial charge in [-0.25, -0.2) is 9.36 Å². The van der Waals surface area contributed by atoms with Gasteiger partial charge in [0.15, 0.2) is 6.23 Å². The number of aliphatic hydroxyl groups excluding tert-OH is 2. The fourth-order valence-corrected chi connectivity index (χ4v) is 2.33. The molecule has 2 amide bonds. The monoisotopic (exact) mass is 325 g/mol. The van der Waals surface area contributed by atoms with E-state index in [9.17, 15) is 19.6 Å². The number of hydrogen-bond donors (Lipinski definition) is 6. The van der Waals surface area contributed by atoms with E-state index < -0.39 is 51.2 Å². The van der Waals surface area contributed by atoms with Crippen LogP contribution in [0.25, 0.3) is 0 Å². The third-order valence-corrected chi connectivity index (χ3v) is 3.48. The van der Waals surface area contributed by atoms with E-state index in [2.05, 4.69) is 9.84 Å². The van der Waals surface area contributed by atoms with Crippen molar-refractivity contribution in [2.24, 2.45) is 5.73 Å². The number of rotatable bonds is 4. The van der Waals surface area contributed by atoms with Gasteiger partial charge in [0.2, 0.25) is 0 Å². The number of nitrogens with two attached hydrogens (primary N) is 1. The molecule has 2 aliphatic rings. The molecule has 0 aromatic carbocycles. The van der Waals surface area contributed by atoms with Crippen molar-refractivity contribution >= 4 is 13.9 Å². The van der Waals surface area contributed by atoms with Crippen LogP contribution in [0.5, 0.6) is 0 Å². The summed E-state index contributed by atoms with van der Waals surface area (Å²) in [6.45, 7) is -0.641. The Morgan fingerprint density at radius 2 is 2.10 bits per heavy atom. The first-order chi connectivity index (χ1) is 9.69. The van der Waals surface area contributed by atoms with Crippen LogP contribution in [-0.2, 0) is 13.8 Å². The Morgan fingerprint density at radius 3 is 2.67 bits per heavy atom. The molecule has 0 spiro atoms. The van der Waals surface area contributed by atoms with Crippen molar-refractivity contribution in [3.05, 3.63) is 12.3 Å². The lowest BCUT2D eigenvalue weighted by Crippen LogP contribution is -2.55. The molecule has 0 bridgehead atoms. The summed E-state index contributed by atoms with van der Waals surface area (Å²) in [7, 11) is -4.73. The normalized spacial score (nSPS) is 36.9. The molecule has 12 heteroatoms. The summed E-state index contributed by atoms with van der Waals surface area (Å²) in [5.74, 6) is 0. The number of urea groups is 1. The molecule has 11 nitrogen and oxygen atoms in total. The van der Waals surface area contributed by atoms with Crippen LogP contribution in [0.3, 0.4) is 0 Å². The molecule has 0 saturated carbocycles. The zero-order valence-corrected chi connectivity index (χ0v) is 11.5. The highest BCUT2D eigenvalue weighted by Crippen LogP contribution is 2.37. The molecule has 120 valence electrons. The van der Waals surface area contributed by atoms with Gasteiger partial charge >= 0.3 is 13.9 Å². The average molecular weight is 325 g/mol. The minimum absolute atomic E-state index is 0.641. The minimum atomic E-state index is -4.73. The Labute approximate surface area is 119 Å². The van der Waals surface area contributed by atoms with Crippen LogP contribution in [0.15, 0.2) is 12.3 Å². The number of aliphatic hydroxyl groups is 2. The number of hydrogen-bond acceptors (Lipinski definition) is 7. The number of phosphoric ester groups is 1. The van der Waals surface area contributed by atoms with E-state index in [4.69, 9.17) is 20.3 Å². The van der Waals surface area contributed by atoms with Crippen LogP contribution in [0, 0.1) is 0 Å². The van der Waals surface area contributed by atoms with E-state index in [0.29, 0.717) is 0 Å².